The summed E-state index contributed by atoms with van der Waals surface area (Å²) in [5.41, 5.74) is 1.96. The zero-order chi connectivity index (χ0) is 29.6. The summed E-state index contributed by atoms with van der Waals surface area (Å²) in [6.45, 7) is 3.26. The van der Waals surface area contributed by atoms with E-state index in [1.807, 2.05) is 36.4 Å². The molecule has 42 heavy (non-hydrogen) atoms. The summed E-state index contributed by atoms with van der Waals surface area (Å²) in [6.07, 6.45) is 5.43. The molecule has 0 spiro atoms. The predicted octanol–water partition coefficient (Wildman–Crippen LogP) is 4.47. The van der Waals surface area contributed by atoms with Crippen LogP contribution in [0.3, 0.4) is 0 Å². The van der Waals surface area contributed by atoms with Gasteiger partial charge in [0.05, 0.1) is 40.6 Å². The standard InChI is InChI=1S/C32H42O10/c1-35-29-17-23(7-11-27(29)41-21-25-19-39-25)9-13-31(33)37-15-5-3-4-6-16-38-32(34)14-10-24-8-12-28(30(18-24)36-2)42-22-26-20-40-26/h7-8,11-12,17-18,25-26H,3-6,9-10,13-16,19-22H2,1-2H3. The summed E-state index contributed by atoms with van der Waals surface area (Å²) < 4.78 is 43.3. The molecule has 2 aromatic carbocycles. The van der Waals surface area contributed by atoms with Crippen LogP contribution in [-0.2, 0) is 41.4 Å². The minimum Gasteiger partial charge on any atom is -0.493 e. The van der Waals surface area contributed by atoms with Crippen LogP contribution in [0, 0.1) is 0 Å². The lowest BCUT2D eigenvalue weighted by molar-refractivity contribution is -0.145. The zero-order valence-electron chi connectivity index (χ0n) is 24.6. The molecule has 0 saturated carbocycles. The van der Waals surface area contributed by atoms with Crippen LogP contribution < -0.4 is 18.9 Å². The van der Waals surface area contributed by atoms with Crippen LogP contribution in [0.1, 0.15) is 49.7 Å². The van der Waals surface area contributed by atoms with Crippen molar-refractivity contribution in [2.75, 3.05) is 53.9 Å². The zero-order valence-corrected chi connectivity index (χ0v) is 24.6. The second-order valence-corrected chi connectivity index (χ2v) is 10.4. The summed E-state index contributed by atoms with van der Waals surface area (Å²) in [7, 11) is 3.19. The van der Waals surface area contributed by atoms with Crippen molar-refractivity contribution in [2.24, 2.45) is 0 Å². The Balaban J connectivity index is 0.994. The molecule has 2 aromatic rings. The lowest BCUT2D eigenvalue weighted by atomic mass is 10.1. The molecule has 0 N–H and O–H groups in total. The Morgan fingerprint density at radius 1 is 0.667 bits per heavy atom. The van der Waals surface area contributed by atoms with Crippen LogP contribution >= 0.6 is 0 Å². The van der Waals surface area contributed by atoms with Gasteiger partial charge in [-0.1, -0.05) is 12.1 Å². The molecule has 0 bridgehead atoms. The maximum Gasteiger partial charge on any atom is 0.306 e. The van der Waals surface area contributed by atoms with E-state index in [9.17, 15) is 9.59 Å². The molecule has 0 aromatic heterocycles. The molecule has 0 radical (unpaired) electrons. The van der Waals surface area contributed by atoms with E-state index in [2.05, 4.69) is 0 Å². The molecule has 2 saturated heterocycles. The maximum absolute atomic E-state index is 12.1. The summed E-state index contributed by atoms with van der Waals surface area (Å²) in [4.78, 5) is 24.3. The van der Waals surface area contributed by atoms with E-state index < -0.39 is 0 Å². The van der Waals surface area contributed by atoms with E-state index in [1.165, 1.54) is 0 Å². The molecule has 2 atom stereocenters. The number of methoxy groups -OCH3 is 2. The molecule has 0 aliphatic carbocycles. The van der Waals surface area contributed by atoms with Gasteiger partial charge >= 0.3 is 11.9 Å². The minimum absolute atomic E-state index is 0.173. The highest BCUT2D eigenvalue weighted by molar-refractivity contribution is 5.70. The number of unbranched alkanes of at least 4 members (excludes halogenated alkanes) is 3. The SMILES string of the molecule is COc1cc(CCC(=O)OCCCCCCOC(=O)CCc2ccc(OCC3CO3)c(OC)c2)ccc1OCC1CO1. The van der Waals surface area contributed by atoms with Gasteiger partial charge in [-0.15, -0.1) is 0 Å². The third-order valence-electron chi connectivity index (χ3n) is 6.91. The van der Waals surface area contributed by atoms with Gasteiger partial charge in [0.2, 0.25) is 0 Å². The van der Waals surface area contributed by atoms with Crippen LogP contribution in [0.15, 0.2) is 36.4 Å². The molecule has 2 aliphatic rings. The Hall–Kier alpha value is -3.50. The quantitative estimate of drug-likeness (QED) is 0.118. The summed E-state index contributed by atoms with van der Waals surface area (Å²) in [6, 6.07) is 11.4. The Kier molecular flexibility index (Phi) is 12.6. The van der Waals surface area contributed by atoms with Crippen molar-refractivity contribution in [1.29, 1.82) is 0 Å². The lowest BCUT2D eigenvalue weighted by Gasteiger charge is -2.11. The molecule has 4 rings (SSSR count). The fourth-order valence-corrected chi connectivity index (χ4v) is 4.23. The van der Waals surface area contributed by atoms with Gasteiger partial charge in [-0.05, 0) is 73.9 Å². The van der Waals surface area contributed by atoms with E-state index >= 15 is 0 Å². The molecular formula is C32H42O10. The molecule has 2 unspecified atom stereocenters. The monoisotopic (exact) mass is 586 g/mol. The van der Waals surface area contributed by atoms with Crippen LogP contribution in [-0.4, -0.2) is 78.0 Å². The van der Waals surface area contributed by atoms with Gasteiger partial charge in [-0.3, -0.25) is 9.59 Å². The van der Waals surface area contributed by atoms with Gasteiger partial charge in [0.1, 0.15) is 25.4 Å². The highest BCUT2D eigenvalue weighted by Crippen LogP contribution is 2.30. The van der Waals surface area contributed by atoms with Gasteiger partial charge in [0.25, 0.3) is 0 Å². The molecular weight excluding hydrogens is 544 g/mol. The molecule has 2 aliphatic heterocycles. The maximum atomic E-state index is 12.1. The van der Waals surface area contributed by atoms with Crippen LogP contribution in [0.5, 0.6) is 23.0 Å². The smallest absolute Gasteiger partial charge is 0.306 e. The fraction of sp³-hybridized carbons (Fsp3) is 0.562. The number of rotatable bonds is 21. The normalized spacial score (nSPS) is 16.8. The van der Waals surface area contributed by atoms with Gasteiger partial charge in [0.15, 0.2) is 23.0 Å². The van der Waals surface area contributed by atoms with Crippen molar-refractivity contribution >= 4 is 11.9 Å². The number of esters is 2. The van der Waals surface area contributed by atoms with Crippen molar-refractivity contribution in [3.05, 3.63) is 47.5 Å². The van der Waals surface area contributed by atoms with E-state index in [0.29, 0.717) is 75.1 Å². The number of carbonyl (C=O) groups excluding carboxylic acids is 2. The highest BCUT2D eigenvalue weighted by atomic mass is 16.6. The number of aryl methyl sites for hydroxylation is 2. The van der Waals surface area contributed by atoms with Gasteiger partial charge in [-0.2, -0.15) is 0 Å². The third kappa shape index (κ3) is 11.4. The first kappa shape index (κ1) is 31.4. The second kappa shape index (κ2) is 16.8. The van der Waals surface area contributed by atoms with Crippen LogP contribution in [0.25, 0.3) is 0 Å². The third-order valence-corrected chi connectivity index (χ3v) is 6.91. The van der Waals surface area contributed by atoms with Crippen LogP contribution in [0.2, 0.25) is 0 Å². The second-order valence-electron chi connectivity index (χ2n) is 10.4. The average Bonchev–Trinajstić information content (AvgIpc) is 3.94. The Bertz CT molecular complexity index is 1050. The largest absolute Gasteiger partial charge is 0.493 e. The molecule has 10 heteroatoms. The number of hydrogen-bond donors (Lipinski definition) is 0. The number of ether oxygens (including phenoxy) is 8. The predicted molar refractivity (Wildman–Crippen MR) is 153 cm³/mol. The molecule has 2 fully saturated rings. The molecule has 230 valence electrons. The van der Waals surface area contributed by atoms with Crippen molar-refractivity contribution in [3.8, 4) is 23.0 Å². The van der Waals surface area contributed by atoms with Crippen molar-refractivity contribution in [3.63, 3.8) is 0 Å². The average molecular weight is 587 g/mol. The number of benzene rings is 2. The lowest BCUT2D eigenvalue weighted by Crippen LogP contribution is -2.08. The van der Waals surface area contributed by atoms with E-state index in [1.54, 1.807) is 14.2 Å². The first-order valence-electron chi connectivity index (χ1n) is 14.7. The molecule has 0 amide bonds. The first-order valence-corrected chi connectivity index (χ1v) is 14.7. The van der Waals surface area contributed by atoms with Gasteiger partial charge < -0.3 is 37.9 Å². The van der Waals surface area contributed by atoms with E-state index in [4.69, 9.17) is 37.9 Å². The Labute approximate surface area is 247 Å². The summed E-state index contributed by atoms with van der Waals surface area (Å²) in [5.74, 6) is 2.18. The Morgan fingerprint density at radius 3 is 1.48 bits per heavy atom. The van der Waals surface area contributed by atoms with Gasteiger partial charge in [-0.25, -0.2) is 0 Å². The topological polar surface area (TPSA) is 115 Å². The first-order chi connectivity index (χ1) is 20.5. The number of hydrogen-bond acceptors (Lipinski definition) is 10. The number of epoxide rings is 2. The molecule has 2 heterocycles. The summed E-state index contributed by atoms with van der Waals surface area (Å²) >= 11 is 0. The highest BCUT2D eigenvalue weighted by Gasteiger charge is 2.24. The van der Waals surface area contributed by atoms with E-state index in [0.717, 1.165) is 50.0 Å². The fourth-order valence-electron chi connectivity index (χ4n) is 4.23. The Morgan fingerprint density at radius 2 is 1.10 bits per heavy atom. The van der Waals surface area contributed by atoms with Crippen LogP contribution in [0.4, 0.5) is 0 Å². The molecule has 10 nitrogen and oxygen atoms in total. The van der Waals surface area contributed by atoms with Crippen molar-refractivity contribution < 1.29 is 47.5 Å². The van der Waals surface area contributed by atoms with Crippen molar-refractivity contribution in [2.45, 2.75) is 63.6 Å². The minimum atomic E-state index is -0.221. The van der Waals surface area contributed by atoms with Crippen molar-refractivity contribution in [1.82, 2.24) is 0 Å². The van der Waals surface area contributed by atoms with E-state index in [-0.39, 0.29) is 24.1 Å². The van der Waals surface area contributed by atoms with Gasteiger partial charge in [0, 0.05) is 12.8 Å². The number of carbonyl (C=O) groups is 2. The summed E-state index contributed by atoms with van der Waals surface area (Å²) in [5, 5.41) is 0.